The van der Waals surface area contributed by atoms with Crippen LogP contribution in [0, 0.1) is 19.8 Å². The molecule has 32 heavy (non-hydrogen) atoms. The highest BCUT2D eigenvalue weighted by molar-refractivity contribution is 5.89. The Balaban J connectivity index is 1.27. The van der Waals surface area contributed by atoms with Crippen LogP contribution in [0.3, 0.4) is 0 Å². The molecule has 1 unspecified atom stereocenters. The van der Waals surface area contributed by atoms with E-state index in [1.807, 2.05) is 54.9 Å². The van der Waals surface area contributed by atoms with E-state index in [4.69, 9.17) is 4.74 Å². The van der Waals surface area contributed by atoms with Crippen molar-refractivity contribution in [2.45, 2.75) is 26.8 Å². The zero-order chi connectivity index (χ0) is 22.5. The van der Waals surface area contributed by atoms with Crippen LogP contribution in [-0.4, -0.2) is 42.6 Å². The van der Waals surface area contributed by atoms with Gasteiger partial charge in [0.1, 0.15) is 5.75 Å². The van der Waals surface area contributed by atoms with E-state index in [-0.39, 0.29) is 6.03 Å². The molecule has 2 aromatic carbocycles. The monoisotopic (exact) mass is 433 g/mol. The van der Waals surface area contributed by atoms with Crippen molar-refractivity contribution in [2.75, 3.05) is 37.0 Å². The molecule has 3 aromatic rings. The third-order valence-corrected chi connectivity index (χ3v) is 5.88. The zero-order valence-electron chi connectivity index (χ0n) is 19.0. The molecule has 0 saturated carbocycles. The number of hydrogen-bond acceptors (Lipinski definition) is 4. The average Bonchev–Trinajstić information content (AvgIpc) is 3.38. The SMILES string of the molecule is COc1cccc(N2CCC(CNC(=O)Nc3cccc(Cn4nc(C)cc4C)c3)C2)c1. The number of methoxy groups -OCH3 is 1. The summed E-state index contributed by atoms with van der Waals surface area (Å²) in [5.74, 6) is 1.29. The standard InChI is InChI=1S/C25H31N5O2/c1-18-12-19(2)30(28-18)17-20-6-4-7-22(13-20)27-25(31)26-15-21-10-11-29(16-21)23-8-5-9-24(14-23)32-3/h4-9,12-14,21H,10-11,15-17H2,1-3H3,(H2,26,27,31). The van der Waals surface area contributed by atoms with Gasteiger partial charge in [0.2, 0.25) is 0 Å². The van der Waals surface area contributed by atoms with Gasteiger partial charge in [-0.1, -0.05) is 18.2 Å². The van der Waals surface area contributed by atoms with Crippen LogP contribution in [0.15, 0.2) is 54.6 Å². The molecule has 2 heterocycles. The molecule has 0 aliphatic carbocycles. The maximum atomic E-state index is 12.5. The van der Waals surface area contributed by atoms with Gasteiger partial charge in [0, 0.05) is 42.8 Å². The van der Waals surface area contributed by atoms with Gasteiger partial charge in [0.15, 0.2) is 0 Å². The van der Waals surface area contributed by atoms with Crippen LogP contribution in [0.5, 0.6) is 5.75 Å². The Morgan fingerprint density at radius 3 is 2.78 bits per heavy atom. The molecule has 0 radical (unpaired) electrons. The Hall–Kier alpha value is -3.48. The lowest BCUT2D eigenvalue weighted by Crippen LogP contribution is -2.34. The number of urea groups is 1. The van der Waals surface area contributed by atoms with Crippen LogP contribution in [0.1, 0.15) is 23.4 Å². The number of rotatable bonds is 7. The molecule has 4 rings (SSSR count). The first kappa shape index (κ1) is 21.7. The lowest BCUT2D eigenvalue weighted by molar-refractivity contribution is 0.250. The molecule has 1 aliphatic rings. The molecule has 7 heteroatoms. The number of ether oxygens (including phenoxy) is 1. The van der Waals surface area contributed by atoms with Crippen LogP contribution in [0.2, 0.25) is 0 Å². The van der Waals surface area contributed by atoms with Crippen LogP contribution in [0.25, 0.3) is 0 Å². The summed E-state index contributed by atoms with van der Waals surface area (Å²) in [6.45, 7) is 7.28. The highest BCUT2D eigenvalue weighted by Gasteiger charge is 2.23. The minimum Gasteiger partial charge on any atom is -0.497 e. The van der Waals surface area contributed by atoms with Crippen molar-refractivity contribution in [3.05, 3.63) is 71.5 Å². The highest BCUT2D eigenvalue weighted by atomic mass is 16.5. The Bertz CT molecular complexity index is 1080. The van der Waals surface area contributed by atoms with Gasteiger partial charge in [-0.3, -0.25) is 4.68 Å². The normalized spacial score (nSPS) is 15.6. The Morgan fingerprint density at radius 1 is 1.16 bits per heavy atom. The molecule has 1 aliphatic heterocycles. The van der Waals surface area contributed by atoms with Gasteiger partial charge in [-0.25, -0.2) is 4.79 Å². The quantitative estimate of drug-likeness (QED) is 0.586. The Morgan fingerprint density at radius 2 is 2.00 bits per heavy atom. The topological polar surface area (TPSA) is 71.4 Å². The predicted octanol–water partition coefficient (Wildman–Crippen LogP) is 4.20. The van der Waals surface area contributed by atoms with Gasteiger partial charge >= 0.3 is 6.03 Å². The number of carbonyl (C=O) groups is 1. The molecule has 2 amide bonds. The van der Waals surface area contributed by atoms with E-state index >= 15 is 0 Å². The van der Waals surface area contributed by atoms with Crippen LogP contribution < -0.4 is 20.3 Å². The maximum Gasteiger partial charge on any atom is 0.319 e. The fourth-order valence-electron chi connectivity index (χ4n) is 4.21. The number of carbonyl (C=O) groups excluding carboxylic acids is 1. The summed E-state index contributed by atoms with van der Waals surface area (Å²) < 4.78 is 7.30. The lowest BCUT2D eigenvalue weighted by atomic mass is 10.1. The van der Waals surface area contributed by atoms with Gasteiger partial charge in [0.25, 0.3) is 0 Å². The molecular formula is C25H31N5O2. The second-order valence-corrected chi connectivity index (χ2v) is 8.42. The number of amides is 2. The van der Waals surface area contributed by atoms with Gasteiger partial charge in [-0.2, -0.15) is 5.10 Å². The van der Waals surface area contributed by atoms with Crippen molar-refractivity contribution in [3.8, 4) is 5.75 Å². The van der Waals surface area contributed by atoms with Crippen molar-refractivity contribution >= 4 is 17.4 Å². The molecule has 168 valence electrons. The van der Waals surface area contributed by atoms with E-state index in [0.717, 1.165) is 53.6 Å². The number of hydrogen-bond donors (Lipinski definition) is 2. The third-order valence-electron chi connectivity index (χ3n) is 5.88. The number of nitrogens with one attached hydrogen (secondary N) is 2. The number of anilines is 2. The van der Waals surface area contributed by atoms with Crippen LogP contribution in [0.4, 0.5) is 16.2 Å². The fraction of sp³-hybridized carbons (Fsp3) is 0.360. The lowest BCUT2D eigenvalue weighted by Gasteiger charge is -2.19. The molecule has 0 bridgehead atoms. The van der Waals surface area contributed by atoms with Crippen molar-refractivity contribution in [3.63, 3.8) is 0 Å². The van der Waals surface area contributed by atoms with Gasteiger partial charge < -0.3 is 20.3 Å². The smallest absolute Gasteiger partial charge is 0.319 e. The van der Waals surface area contributed by atoms with E-state index in [1.165, 1.54) is 0 Å². The van der Waals surface area contributed by atoms with E-state index in [0.29, 0.717) is 19.0 Å². The van der Waals surface area contributed by atoms with Gasteiger partial charge in [-0.05, 0) is 62.1 Å². The molecule has 1 aromatic heterocycles. The van der Waals surface area contributed by atoms with Gasteiger partial charge in [-0.15, -0.1) is 0 Å². The summed E-state index contributed by atoms with van der Waals surface area (Å²) in [5.41, 5.74) is 5.17. The average molecular weight is 434 g/mol. The van der Waals surface area contributed by atoms with Crippen LogP contribution in [-0.2, 0) is 6.54 Å². The zero-order valence-corrected chi connectivity index (χ0v) is 19.0. The first-order valence-corrected chi connectivity index (χ1v) is 11.0. The van der Waals surface area contributed by atoms with E-state index in [1.54, 1.807) is 7.11 Å². The number of aromatic nitrogens is 2. The molecular weight excluding hydrogens is 402 g/mol. The minimum atomic E-state index is -0.173. The largest absolute Gasteiger partial charge is 0.497 e. The molecule has 1 fully saturated rings. The summed E-state index contributed by atoms with van der Waals surface area (Å²) in [6.07, 6.45) is 1.05. The Kier molecular flexibility index (Phi) is 6.63. The summed E-state index contributed by atoms with van der Waals surface area (Å²) >= 11 is 0. The molecule has 2 N–H and O–H groups in total. The molecule has 7 nitrogen and oxygen atoms in total. The summed E-state index contributed by atoms with van der Waals surface area (Å²) in [6, 6.07) is 17.9. The number of aryl methyl sites for hydroxylation is 2. The van der Waals surface area contributed by atoms with E-state index in [9.17, 15) is 4.79 Å². The third kappa shape index (κ3) is 5.41. The summed E-state index contributed by atoms with van der Waals surface area (Å²) in [4.78, 5) is 14.8. The first-order chi connectivity index (χ1) is 15.5. The van der Waals surface area contributed by atoms with Crippen molar-refractivity contribution in [1.29, 1.82) is 0 Å². The highest BCUT2D eigenvalue weighted by Crippen LogP contribution is 2.26. The van der Waals surface area contributed by atoms with Crippen molar-refractivity contribution in [2.24, 2.45) is 5.92 Å². The Labute approximate surface area is 189 Å². The van der Waals surface area contributed by atoms with Crippen LogP contribution >= 0.6 is 0 Å². The van der Waals surface area contributed by atoms with Gasteiger partial charge in [0.05, 0.1) is 19.3 Å². The molecule has 1 atom stereocenters. The van der Waals surface area contributed by atoms with E-state index < -0.39 is 0 Å². The second kappa shape index (κ2) is 9.77. The van der Waals surface area contributed by atoms with E-state index in [2.05, 4.69) is 38.8 Å². The fourth-order valence-corrected chi connectivity index (χ4v) is 4.21. The number of nitrogens with zero attached hydrogens (tertiary/aromatic N) is 3. The minimum absolute atomic E-state index is 0.173. The summed E-state index contributed by atoms with van der Waals surface area (Å²) in [7, 11) is 1.68. The summed E-state index contributed by atoms with van der Waals surface area (Å²) in [5, 5.41) is 10.5. The number of benzene rings is 2. The molecule has 1 saturated heterocycles. The second-order valence-electron chi connectivity index (χ2n) is 8.42. The predicted molar refractivity (Wildman–Crippen MR) is 128 cm³/mol. The first-order valence-electron chi connectivity index (χ1n) is 11.0. The maximum absolute atomic E-state index is 12.5. The molecule has 0 spiro atoms. The van der Waals surface area contributed by atoms with Crippen molar-refractivity contribution in [1.82, 2.24) is 15.1 Å². The van der Waals surface area contributed by atoms with Crippen molar-refractivity contribution < 1.29 is 9.53 Å².